The van der Waals surface area contributed by atoms with Gasteiger partial charge in [0, 0.05) is 23.8 Å². The Bertz CT molecular complexity index is 1050. The normalized spacial score (nSPS) is 33.9. The van der Waals surface area contributed by atoms with Gasteiger partial charge >= 0.3 is 0 Å². The molecule has 29 heavy (non-hydrogen) atoms. The number of phenolic OH excluding ortho intramolecular Hbond substituents is 1. The molecule has 3 aliphatic rings. The molecular formula is C20H19NO8. The van der Waals surface area contributed by atoms with Gasteiger partial charge in [0.2, 0.25) is 5.78 Å². The number of phenols is 1. The van der Waals surface area contributed by atoms with Gasteiger partial charge in [-0.05, 0) is 17.5 Å². The molecule has 0 bridgehead atoms. The van der Waals surface area contributed by atoms with Crippen molar-refractivity contribution in [1.82, 2.24) is 0 Å². The lowest BCUT2D eigenvalue weighted by Gasteiger charge is -2.50. The molecule has 1 amide bonds. The molecule has 7 N–H and O–H groups in total. The van der Waals surface area contributed by atoms with Crippen molar-refractivity contribution in [3.63, 3.8) is 0 Å². The van der Waals surface area contributed by atoms with Crippen LogP contribution in [-0.4, -0.2) is 54.7 Å². The van der Waals surface area contributed by atoms with Crippen molar-refractivity contribution in [2.24, 2.45) is 17.6 Å². The fourth-order valence-electron chi connectivity index (χ4n) is 4.95. The third-order valence-electron chi connectivity index (χ3n) is 6.36. The van der Waals surface area contributed by atoms with E-state index in [0.717, 1.165) is 0 Å². The maximum absolute atomic E-state index is 13.1. The van der Waals surface area contributed by atoms with Crippen molar-refractivity contribution < 1.29 is 39.9 Å². The summed E-state index contributed by atoms with van der Waals surface area (Å²) in [7, 11) is 0. The average Bonchev–Trinajstić information content (AvgIpc) is 2.65. The molecule has 4 unspecified atom stereocenters. The summed E-state index contributed by atoms with van der Waals surface area (Å²) in [4.78, 5) is 37.5. The molecule has 0 spiro atoms. The number of carbonyl (C=O) groups excluding carboxylic acids is 3. The zero-order valence-corrected chi connectivity index (χ0v) is 15.3. The van der Waals surface area contributed by atoms with Crippen molar-refractivity contribution in [2.45, 2.75) is 31.0 Å². The number of hydrogen-bond acceptors (Lipinski definition) is 8. The topological polar surface area (TPSA) is 178 Å². The van der Waals surface area contributed by atoms with Crippen molar-refractivity contribution in [2.75, 3.05) is 0 Å². The van der Waals surface area contributed by atoms with E-state index >= 15 is 0 Å². The number of aliphatic hydroxyl groups excluding tert-OH is 3. The quantitative estimate of drug-likeness (QED) is 0.359. The van der Waals surface area contributed by atoms with Gasteiger partial charge in [-0.1, -0.05) is 19.1 Å². The number of primary amides is 1. The van der Waals surface area contributed by atoms with Crippen LogP contribution in [0.1, 0.15) is 35.2 Å². The first kappa shape index (κ1) is 19.2. The standard InChI is InChI=1S/C20H19NO8/c1-6-7-3-2-4-9(22)12(7)16(25)14-11(6)15(24)8-5-10(23)13(19(21)28)17(26)20(8,29)18(14)27/h2-4,6,8,11,15,22-24,27,29H,5H2,1H3,(H2,21,28)/t6?,8?,11?,15?,20-/m1/s1. The number of carbonyl (C=O) groups is 3. The van der Waals surface area contributed by atoms with Gasteiger partial charge in [0.05, 0.1) is 11.7 Å². The van der Waals surface area contributed by atoms with E-state index in [1.54, 1.807) is 13.0 Å². The second-order valence-corrected chi connectivity index (χ2v) is 7.73. The number of rotatable bonds is 1. The highest BCUT2D eigenvalue weighted by Crippen LogP contribution is 2.54. The number of nitrogens with two attached hydrogens (primary N) is 1. The Morgan fingerprint density at radius 1 is 1.21 bits per heavy atom. The zero-order chi connectivity index (χ0) is 21.4. The summed E-state index contributed by atoms with van der Waals surface area (Å²) >= 11 is 0. The highest BCUT2D eigenvalue weighted by atomic mass is 16.4. The number of allylic oxidation sites excluding steroid dienone is 1. The van der Waals surface area contributed by atoms with E-state index in [-0.39, 0.29) is 11.3 Å². The Morgan fingerprint density at radius 2 is 1.86 bits per heavy atom. The summed E-state index contributed by atoms with van der Waals surface area (Å²) in [5.41, 5.74) is 1.38. The summed E-state index contributed by atoms with van der Waals surface area (Å²) in [6.45, 7) is 1.67. The first-order valence-electron chi connectivity index (χ1n) is 9.00. The molecule has 3 aliphatic carbocycles. The van der Waals surface area contributed by atoms with Gasteiger partial charge < -0.3 is 31.3 Å². The van der Waals surface area contributed by atoms with Crippen LogP contribution in [0, 0.1) is 11.8 Å². The van der Waals surface area contributed by atoms with Gasteiger partial charge in [0.25, 0.3) is 5.91 Å². The van der Waals surface area contributed by atoms with Gasteiger partial charge in [0.15, 0.2) is 11.4 Å². The van der Waals surface area contributed by atoms with Crippen molar-refractivity contribution in [1.29, 1.82) is 0 Å². The number of ketones is 2. The summed E-state index contributed by atoms with van der Waals surface area (Å²) in [5.74, 6) is -8.53. The van der Waals surface area contributed by atoms with E-state index in [1.165, 1.54) is 12.1 Å². The Labute approximate surface area is 164 Å². The van der Waals surface area contributed by atoms with Gasteiger partial charge in [-0.3, -0.25) is 14.4 Å². The highest BCUT2D eigenvalue weighted by molar-refractivity contribution is 6.24. The molecule has 5 atom stereocenters. The zero-order valence-electron chi connectivity index (χ0n) is 15.3. The fraction of sp³-hybridized carbons (Fsp3) is 0.350. The lowest BCUT2D eigenvalue weighted by Crippen LogP contribution is -2.62. The van der Waals surface area contributed by atoms with Gasteiger partial charge in [0.1, 0.15) is 22.8 Å². The molecule has 0 radical (unpaired) electrons. The van der Waals surface area contributed by atoms with E-state index < -0.39 is 76.0 Å². The van der Waals surface area contributed by atoms with Crippen LogP contribution >= 0.6 is 0 Å². The van der Waals surface area contributed by atoms with Crippen molar-refractivity contribution in [3.8, 4) is 5.75 Å². The molecule has 1 aromatic carbocycles. The SMILES string of the molecule is CC1c2cccc(O)c2C(=O)C2=C(O)[C@]3(O)C(=O)C(C(N)=O)=C(O)CC3C(O)C21. The minimum Gasteiger partial charge on any atom is -0.511 e. The Morgan fingerprint density at radius 3 is 2.48 bits per heavy atom. The third-order valence-corrected chi connectivity index (χ3v) is 6.36. The summed E-state index contributed by atoms with van der Waals surface area (Å²) < 4.78 is 0. The molecule has 0 aromatic heterocycles. The fourth-order valence-corrected chi connectivity index (χ4v) is 4.95. The molecule has 0 heterocycles. The van der Waals surface area contributed by atoms with Crippen LogP contribution in [0.4, 0.5) is 0 Å². The molecule has 1 aromatic rings. The van der Waals surface area contributed by atoms with Crippen LogP contribution < -0.4 is 5.73 Å². The van der Waals surface area contributed by atoms with Crippen molar-refractivity contribution in [3.05, 3.63) is 52.0 Å². The largest absolute Gasteiger partial charge is 0.511 e. The maximum Gasteiger partial charge on any atom is 0.255 e. The van der Waals surface area contributed by atoms with Crippen LogP contribution in [-0.2, 0) is 9.59 Å². The number of aromatic hydroxyl groups is 1. The number of amides is 1. The van der Waals surface area contributed by atoms with Crippen LogP contribution in [0.15, 0.2) is 40.9 Å². The molecule has 9 nitrogen and oxygen atoms in total. The Hall–Kier alpha value is -3.17. The van der Waals surface area contributed by atoms with Gasteiger partial charge in [-0.2, -0.15) is 0 Å². The van der Waals surface area contributed by atoms with Crippen LogP contribution in [0.25, 0.3) is 0 Å². The number of aliphatic hydroxyl groups is 4. The molecule has 9 heteroatoms. The predicted molar refractivity (Wildman–Crippen MR) is 96.9 cm³/mol. The summed E-state index contributed by atoms with van der Waals surface area (Å²) in [6, 6.07) is 4.43. The van der Waals surface area contributed by atoms with Gasteiger partial charge in [-0.15, -0.1) is 0 Å². The monoisotopic (exact) mass is 401 g/mol. The molecule has 0 saturated carbocycles. The van der Waals surface area contributed by atoms with E-state index in [4.69, 9.17) is 5.73 Å². The van der Waals surface area contributed by atoms with Crippen LogP contribution in [0.5, 0.6) is 5.75 Å². The summed E-state index contributed by atoms with van der Waals surface area (Å²) in [5, 5.41) is 53.3. The first-order chi connectivity index (χ1) is 13.5. The average molecular weight is 401 g/mol. The minimum atomic E-state index is -2.81. The Balaban J connectivity index is 2.00. The predicted octanol–water partition coefficient (Wildman–Crippen LogP) is 0.112. The second-order valence-electron chi connectivity index (χ2n) is 7.73. The number of Topliss-reactive ketones (excluding diaryl/α,β-unsaturated/α-hetero) is 2. The van der Waals surface area contributed by atoms with E-state index in [2.05, 4.69) is 0 Å². The van der Waals surface area contributed by atoms with Gasteiger partial charge in [-0.25, -0.2) is 0 Å². The van der Waals surface area contributed by atoms with E-state index in [9.17, 15) is 39.9 Å². The van der Waals surface area contributed by atoms with E-state index in [1.807, 2.05) is 0 Å². The van der Waals surface area contributed by atoms with Crippen LogP contribution in [0.3, 0.4) is 0 Å². The molecule has 4 rings (SSSR count). The highest BCUT2D eigenvalue weighted by Gasteiger charge is 2.64. The lowest BCUT2D eigenvalue weighted by molar-refractivity contribution is -0.154. The van der Waals surface area contributed by atoms with E-state index in [0.29, 0.717) is 5.56 Å². The lowest BCUT2D eigenvalue weighted by atomic mass is 9.56. The molecule has 0 saturated heterocycles. The molecule has 0 fully saturated rings. The smallest absolute Gasteiger partial charge is 0.255 e. The second kappa shape index (κ2) is 5.91. The number of hydrogen-bond donors (Lipinski definition) is 6. The first-order valence-corrected chi connectivity index (χ1v) is 9.00. The van der Waals surface area contributed by atoms with Crippen LogP contribution in [0.2, 0.25) is 0 Å². The third kappa shape index (κ3) is 2.19. The molecule has 152 valence electrons. The molecule has 0 aliphatic heterocycles. The maximum atomic E-state index is 13.1. The number of benzene rings is 1. The summed E-state index contributed by atoms with van der Waals surface area (Å²) in [6.07, 6.45) is -2.01. The molecular weight excluding hydrogens is 382 g/mol. The number of fused-ring (bicyclic) bond motifs is 3. The minimum absolute atomic E-state index is 0.0937. The Kier molecular flexibility index (Phi) is 3.91. The van der Waals surface area contributed by atoms with Crippen molar-refractivity contribution >= 4 is 17.5 Å².